The molecule has 1 amide bonds. The van der Waals surface area contributed by atoms with Crippen molar-refractivity contribution in [2.45, 2.75) is 13.3 Å². The van der Waals surface area contributed by atoms with Crippen LogP contribution in [0.3, 0.4) is 0 Å². The predicted octanol–water partition coefficient (Wildman–Crippen LogP) is 4.13. The average Bonchev–Trinajstić information content (AvgIpc) is 2.90. The van der Waals surface area contributed by atoms with E-state index in [4.69, 9.17) is 4.98 Å². The number of carbonyl (C=O) groups excluding carboxylic acids is 1. The molecule has 0 bridgehead atoms. The monoisotopic (exact) mass is 515 g/mol. The van der Waals surface area contributed by atoms with Crippen LogP contribution in [0.25, 0.3) is 0 Å². The van der Waals surface area contributed by atoms with Crippen molar-refractivity contribution in [3.8, 4) is 0 Å². The van der Waals surface area contributed by atoms with Crippen LogP contribution in [-0.2, 0) is 11.2 Å². The maximum atomic E-state index is 15.0. The second-order valence-corrected chi connectivity index (χ2v) is 9.56. The fraction of sp³-hybridized carbons (Fsp3) is 0.250. The molecule has 3 aromatic rings. The highest BCUT2D eigenvalue weighted by Crippen LogP contribution is 2.34. The molecular formula is C28H30FN7O2. The van der Waals surface area contributed by atoms with Gasteiger partial charge in [-0.2, -0.15) is 4.98 Å². The Balaban J connectivity index is 1.43. The molecule has 38 heavy (non-hydrogen) atoms. The summed E-state index contributed by atoms with van der Waals surface area (Å²) in [6.07, 6.45) is 3.57. The zero-order chi connectivity index (χ0) is 26.8. The van der Waals surface area contributed by atoms with Gasteiger partial charge in [0.2, 0.25) is 11.9 Å². The molecule has 0 saturated carbocycles. The molecular weight excluding hydrogens is 485 g/mol. The summed E-state index contributed by atoms with van der Waals surface area (Å²) in [4.78, 5) is 38.4. The van der Waals surface area contributed by atoms with Crippen LogP contribution in [-0.4, -0.2) is 54.0 Å². The lowest BCUT2D eigenvalue weighted by Crippen LogP contribution is -2.44. The summed E-state index contributed by atoms with van der Waals surface area (Å²) in [5.41, 5.74) is 3.57. The first kappa shape index (κ1) is 25.2. The molecule has 196 valence electrons. The van der Waals surface area contributed by atoms with E-state index >= 15 is 4.39 Å². The summed E-state index contributed by atoms with van der Waals surface area (Å²) in [6, 6.07) is 12.2. The number of hydrogen-bond donors (Lipinski definition) is 3. The second kappa shape index (κ2) is 10.5. The molecule has 2 aliphatic heterocycles. The number of nitrogens with zero attached hydrogens (tertiary/aromatic N) is 4. The molecule has 0 atom stereocenters. The molecule has 2 aromatic carbocycles. The number of amides is 1. The SMILES string of the molecule is C=CC(=O)Nc1cccc(N2C=C(C)Cc3c2nc(Nc2ccc(N4CCN(C)CC4)c(F)c2)[nH]c3=O)c1. The number of nitrogens with one attached hydrogen (secondary N) is 3. The lowest BCUT2D eigenvalue weighted by molar-refractivity contribution is -0.111. The van der Waals surface area contributed by atoms with Crippen molar-refractivity contribution < 1.29 is 9.18 Å². The molecule has 0 aliphatic carbocycles. The number of anilines is 6. The highest BCUT2D eigenvalue weighted by atomic mass is 19.1. The number of allylic oxidation sites excluding steroid dienone is 1. The van der Waals surface area contributed by atoms with Gasteiger partial charge in [0.25, 0.3) is 5.56 Å². The van der Waals surface area contributed by atoms with Crippen LogP contribution >= 0.6 is 0 Å². The third kappa shape index (κ3) is 5.30. The topological polar surface area (TPSA) is 96.6 Å². The Morgan fingerprint density at radius 2 is 1.92 bits per heavy atom. The summed E-state index contributed by atoms with van der Waals surface area (Å²) in [5, 5.41) is 5.80. The Bertz CT molecular complexity index is 1470. The van der Waals surface area contributed by atoms with Crippen LogP contribution in [0.2, 0.25) is 0 Å². The molecule has 0 spiro atoms. The molecule has 0 unspecified atom stereocenters. The summed E-state index contributed by atoms with van der Waals surface area (Å²) in [5.74, 6) is 0.0106. The minimum absolute atomic E-state index is 0.203. The van der Waals surface area contributed by atoms with Gasteiger partial charge < -0.3 is 25.3 Å². The molecule has 2 aliphatic rings. The third-order valence-electron chi connectivity index (χ3n) is 6.66. The molecule has 5 rings (SSSR count). The number of likely N-dealkylation sites (N-methyl/N-ethyl adjacent to an activating group) is 1. The zero-order valence-corrected chi connectivity index (χ0v) is 21.4. The number of aromatic nitrogens is 2. The van der Waals surface area contributed by atoms with Gasteiger partial charge in [-0.3, -0.25) is 14.6 Å². The molecule has 1 aromatic heterocycles. The van der Waals surface area contributed by atoms with E-state index in [-0.39, 0.29) is 23.2 Å². The van der Waals surface area contributed by atoms with Crippen molar-refractivity contribution in [3.63, 3.8) is 0 Å². The van der Waals surface area contributed by atoms with Crippen LogP contribution in [0.15, 0.2) is 71.7 Å². The minimum Gasteiger partial charge on any atom is -0.367 e. The normalized spacial score (nSPS) is 15.5. The van der Waals surface area contributed by atoms with Gasteiger partial charge in [0.15, 0.2) is 0 Å². The molecule has 3 N–H and O–H groups in total. The number of aromatic amines is 1. The van der Waals surface area contributed by atoms with E-state index in [9.17, 15) is 9.59 Å². The van der Waals surface area contributed by atoms with E-state index in [1.807, 2.05) is 35.1 Å². The molecule has 1 fully saturated rings. The van der Waals surface area contributed by atoms with Gasteiger partial charge in [-0.15, -0.1) is 0 Å². The first-order chi connectivity index (χ1) is 18.3. The van der Waals surface area contributed by atoms with E-state index in [2.05, 4.69) is 34.1 Å². The number of H-pyrrole nitrogens is 1. The van der Waals surface area contributed by atoms with E-state index in [1.54, 1.807) is 24.3 Å². The Labute approximate surface area is 220 Å². The van der Waals surface area contributed by atoms with E-state index < -0.39 is 0 Å². The molecule has 9 nitrogen and oxygen atoms in total. The first-order valence-corrected chi connectivity index (χ1v) is 12.4. The lowest BCUT2D eigenvalue weighted by Gasteiger charge is -2.34. The van der Waals surface area contributed by atoms with Crippen LogP contribution in [0.4, 0.5) is 38.9 Å². The number of rotatable bonds is 6. The number of carbonyl (C=O) groups is 1. The van der Waals surface area contributed by atoms with Gasteiger partial charge in [-0.1, -0.05) is 18.2 Å². The highest BCUT2D eigenvalue weighted by Gasteiger charge is 2.24. The van der Waals surface area contributed by atoms with E-state index in [0.29, 0.717) is 34.9 Å². The zero-order valence-electron chi connectivity index (χ0n) is 21.4. The Hall–Kier alpha value is -4.44. The van der Waals surface area contributed by atoms with Crippen LogP contribution in [0, 0.1) is 5.82 Å². The van der Waals surface area contributed by atoms with Crippen molar-refractivity contribution in [1.82, 2.24) is 14.9 Å². The van der Waals surface area contributed by atoms with Gasteiger partial charge in [-0.25, -0.2) is 4.39 Å². The minimum atomic E-state index is -0.335. The fourth-order valence-electron chi connectivity index (χ4n) is 4.66. The summed E-state index contributed by atoms with van der Waals surface area (Å²) in [7, 11) is 2.06. The van der Waals surface area contributed by atoms with Crippen LogP contribution in [0.5, 0.6) is 0 Å². The molecule has 10 heteroatoms. The lowest BCUT2D eigenvalue weighted by atomic mass is 10.0. The predicted molar refractivity (Wildman–Crippen MR) is 149 cm³/mol. The Morgan fingerprint density at radius 3 is 2.66 bits per heavy atom. The molecule has 3 heterocycles. The standard InChI is InChI=1S/C28H30FN7O2/c1-4-25(37)30-19-6-5-7-21(15-19)36-17-18(2)14-22-26(36)32-28(33-27(22)38)31-20-8-9-24(23(29)16-20)35-12-10-34(3)11-13-35/h4-9,15-17H,1,10-14H2,2-3H3,(H,30,37)(H2,31,32,33,38). The smallest absolute Gasteiger partial charge is 0.257 e. The Kier molecular flexibility index (Phi) is 6.97. The maximum absolute atomic E-state index is 15.0. The largest absolute Gasteiger partial charge is 0.367 e. The average molecular weight is 516 g/mol. The number of hydrogen-bond acceptors (Lipinski definition) is 7. The van der Waals surface area contributed by atoms with Crippen LogP contribution < -0.4 is 26.0 Å². The van der Waals surface area contributed by atoms with Gasteiger partial charge in [0.1, 0.15) is 11.6 Å². The van der Waals surface area contributed by atoms with Crippen LogP contribution in [0.1, 0.15) is 12.5 Å². The van der Waals surface area contributed by atoms with E-state index in [1.165, 1.54) is 12.1 Å². The van der Waals surface area contributed by atoms with Gasteiger partial charge >= 0.3 is 0 Å². The van der Waals surface area contributed by atoms with Crippen molar-refractivity contribution in [1.29, 1.82) is 0 Å². The summed E-state index contributed by atoms with van der Waals surface area (Å²) in [6.45, 7) is 8.72. The Morgan fingerprint density at radius 1 is 1.13 bits per heavy atom. The van der Waals surface area contributed by atoms with Crippen molar-refractivity contribution in [2.75, 3.05) is 53.7 Å². The first-order valence-electron chi connectivity index (χ1n) is 12.4. The van der Waals surface area contributed by atoms with Crippen molar-refractivity contribution >= 4 is 40.4 Å². The number of piperazine rings is 1. The molecule has 0 radical (unpaired) electrons. The van der Waals surface area contributed by atoms with Gasteiger partial charge in [0, 0.05) is 55.9 Å². The second-order valence-electron chi connectivity index (χ2n) is 9.56. The van der Waals surface area contributed by atoms with Crippen molar-refractivity contribution in [3.05, 3.63) is 88.6 Å². The van der Waals surface area contributed by atoms with E-state index in [0.717, 1.165) is 37.4 Å². The van der Waals surface area contributed by atoms with Gasteiger partial charge in [-0.05, 0) is 56.4 Å². The van der Waals surface area contributed by atoms with Crippen molar-refractivity contribution in [2.24, 2.45) is 0 Å². The highest BCUT2D eigenvalue weighted by molar-refractivity contribution is 5.99. The summed E-state index contributed by atoms with van der Waals surface area (Å²) >= 11 is 0. The summed E-state index contributed by atoms with van der Waals surface area (Å²) < 4.78 is 15.0. The molecule has 1 saturated heterocycles. The van der Waals surface area contributed by atoms with Gasteiger partial charge in [0.05, 0.1) is 11.3 Å². The quantitative estimate of drug-likeness (QED) is 0.425. The number of halogens is 1. The number of fused-ring (bicyclic) bond motifs is 1. The fourth-order valence-corrected chi connectivity index (χ4v) is 4.66. The maximum Gasteiger partial charge on any atom is 0.257 e. The third-order valence-corrected chi connectivity index (χ3v) is 6.66. The number of benzene rings is 2.